The Balaban J connectivity index is 0. The van der Waals surface area contributed by atoms with E-state index in [1.54, 1.807) is 4.68 Å². The van der Waals surface area contributed by atoms with E-state index in [4.69, 9.17) is 0 Å². The fraction of sp³-hybridized carbons (Fsp3) is 0.667. The molecule has 0 spiro atoms. The number of aryl methyl sites for hydroxylation is 1. The summed E-state index contributed by atoms with van der Waals surface area (Å²) in [6.45, 7) is 8.24. The summed E-state index contributed by atoms with van der Waals surface area (Å²) in [4.78, 5) is 0. The van der Waals surface area contributed by atoms with Crippen molar-refractivity contribution in [3.63, 3.8) is 0 Å². The first-order valence-corrected chi connectivity index (χ1v) is 4.12. The minimum absolute atomic E-state index is 0. The Labute approximate surface area is 125 Å². The van der Waals surface area contributed by atoms with Crippen molar-refractivity contribution in [2.24, 2.45) is 7.05 Å². The second-order valence-corrected chi connectivity index (χ2v) is 2.48. The van der Waals surface area contributed by atoms with E-state index < -0.39 is 0 Å². The van der Waals surface area contributed by atoms with Crippen LogP contribution < -0.4 is 58.2 Å². The summed E-state index contributed by atoms with van der Waals surface area (Å²) in [6, 6.07) is 1.92. The van der Waals surface area contributed by atoms with E-state index >= 15 is 0 Å². The average Bonchev–Trinajstić information content (AvgIpc) is 2.40. The van der Waals surface area contributed by atoms with Crippen molar-refractivity contribution < 1.29 is 58.2 Å². The van der Waals surface area contributed by atoms with Crippen LogP contribution in [-0.4, -0.2) is 9.78 Å². The third-order valence-electron chi connectivity index (χ3n) is 1.26. The molecular formula is C9H17N2Rb. The molecule has 1 aromatic rings. The van der Waals surface area contributed by atoms with E-state index in [1.807, 2.05) is 27.0 Å². The molecule has 0 aromatic carbocycles. The first-order chi connectivity index (χ1) is 5.20. The molecule has 0 aliphatic heterocycles. The van der Waals surface area contributed by atoms with E-state index in [-0.39, 0.29) is 58.2 Å². The molecule has 0 aliphatic carbocycles. The van der Waals surface area contributed by atoms with Crippen LogP contribution in [0, 0.1) is 6.20 Å². The van der Waals surface area contributed by atoms with Crippen molar-refractivity contribution >= 4 is 0 Å². The van der Waals surface area contributed by atoms with Crippen molar-refractivity contribution in [3.05, 3.63) is 18.0 Å². The van der Waals surface area contributed by atoms with E-state index in [0.717, 1.165) is 5.69 Å². The van der Waals surface area contributed by atoms with Crippen LogP contribution >= 0.6 is 0 Å². The quantitative estimate of drug-likeness (QED) is 0.596. The fourth-order valence-electron chi connectivity index (χ4n) is 0.673. The Morgan fingerprint density at radius 2 is 1.92 bits per heavy atom. The Morgan fingerprint density at radius 1 is 1.42 bits per heavy atom. The molecule has 0 aliphatic rings. The minimum atomic E-state index is 0. The van der Waals surface area contributed by atoms with Gasteiger partial charge in [-0.3, -0.25) is 5.10 Å². The maximum absolute atomic E-state index is 4.17. The van der Waals surface area contributed by atoms with E-state index in [2.05, 4.69) is 25.1 Å². The van der Waals surface area contributed by atoms with Crippen molar-refractivity contribution in [3.8, 4) is 0 Å². The van der Waals surface area contributed by atoms with Crippen LogP contribution in [0.3, 0.4) is 0 Å². The van der Waals surface area contributed by atoms with E-state index in [0.29, 0.717) is 5.92 Å². The van der Waals surface area contributed by atoms with Crippen LogP contribution in [0.15, 0.2) is 6.07 Å². The van der Waals surface area contributed by atoms with Gasteiger partial charge in [-0.2, -0.15) is 6.07 Å². The zero-order valence-corrected chi connectivity index (χ0v) is 14.0. The Morgan fingerprint density at radius 3 is 2.08 bits per heavy atom. The number of aromatic nitrogens is 2. The number of nitrogens with zero attached hydrogens (tertiary/aromatic N) is 2. The largest absolute Gasteiger partial charge is 1.00 e. The molecule has 0 unspecified atom stereocenters. The molecule has 0 amide bonds. The van der Waals surface area contributed by atoms with Crippen molar-refractivity contribution in [2.45, 2.75) is 33.6 Å². The molecule has 1 rings (SSSR count). The number of hydrogen-bond acceptors (Lipinski definition) is 1. The summed E-state index contributed by atoms with van der Waals surface area (Å²) in [5, 5.41) is 4.17. The van der Waals surface area contributed by atoms with Gasteiger partial charge in [-0.15, -0.1) is 6.20 Å². The van der Waals surface area contributed by atoms with Crippen LogP contribution in [0.25, 0.3) is 0 Å². The van der Waals surface area contributed by atoms with Crippen LogP contribution in [0.2, 0.25) is 0 Å². The predicted octanol–water partition coefficient (Wildman–Crippen LogP) is -0.626. The van der Waals surface area contributed by atoms with Crippen LogP contribution in [0.1, 0.15) is 39.3 Å². The topological polar surface area (TPSA) is 17.8 Å². The van der Waals surface area contributed by atoms with Crippen molar-refractivity contribution in [1.29, 1.82) is 0 Å². The van der Waals surface area contributed by atoms with E-state index in [1.165, 1.54) is 0 Å². The molecule has 2 nitrogen and oxygen atoms in total. The van der Waals surface area contributed by atoms with Crippen LogP contribution in [0.5, 0.6) is 0 Å². The normalized spacial score (nSPS) is 8.50. The van der Waals surface area contributed by atoms with E-state index in [9.17, 15) is 0 Å². The first kappa shape index (κ1) is 15.5. The minimum Gasteiger partial charge on any atom is -0.379 e. The van der Waals surface area contributed by atoms with Gasteiger partial charge in [0.25, 0.3) is 0 Å². The third kappa shape index (κ3) is 5.62. The second kappa shape index (κ2) is 8.61. The molecule has 0 bridgehead atoms. The number of rotatable bonds is 1. The zero-order valence-electron chi connectivity index (χ0n) is 9.05. The Kier molecular flexibility index (Phi) is 11.1. The maximum atomic E-state index is 4.17. The molecule has 0 radical (unpaired) electrons. The number of hydrogen-bond donors (Lipinski definition) is 0. The Hall–Kier alpha value is 1.02. The van der Waals surface area contributed by atoms with Crippen LogP contribution in [0.4, 0.5) is 0 Å². The first-order valence-electron chi connectivity index (χ1n) is 4.12. The molecule has 1 aromatic heterocycles. The maximum Gasteiger partial charge on any atom is 1.00 e. The molecule has 0 fully saturated rings. The molecule has 0 saturated carbocycles. The van der Waals surface area contributed by atoms with Gasteiger partial charge in [0.05, 0.1) is 0 Å². The molecular weight excluding hydrogens is 222 g/mol. The van der Waals surface area contributed by atoms with Crippen molar-refractivity contribution in [1.82, 2.24) is 9.78 Å². The van der Waals surface area contributed by atoms with Gasteiger partial charge in [0.1, 0.15) is 0 Å². The summed E-state index contributed by atoms with van der Waals surface area (Å²) in [5.41, 5.74) is 1.11. The summed E-state index contributed by atoms with van der Waals surface area (Å²) < 4.78 is 1.70. The zero-order chi connectivity index (χ0) is 8.85. The van der Waals surface area contributed by atoms with Gasteiger partial charge < -0.3 is 4.68 Å². The smallest absolute Gasteiger partial charge is 0.379 e. The van der Waals surface area contributed by atoms with Gasteiger partial charge >= 0.3 is 58.2 Å². The monoisotopic (exact) mass is 238 g/mol. The molecule has 0 saturated heterocycles. The average molecular weight is 239 g/mol. The summed E-state index contributed by atoms with van der Waals surface area (Å²) in [6.07, 6.45) is 2.96. The van der Waals surface area contributed by atoms with Crippen LogP contribution in [-0.2, 0) is 7.05 Å². The van der Waals surface area contributed by atoms with Gasteiger partial charge in [-0.05, 0) is 0 Å². The summed E-state index contributed by atoms with van der Waals surface area (Å²) in [7, 11) is 1.88. The molecule has 0 atom stereocenters. The molecule has 12 heavy (non-hydrogen) atoms. The predicted molar refractivity (Wildman–Crippen MR) is 47.5 cm³/mol. The second-order valence-electron chi connectivity index (χ2n) is 2.48. The van der Waals surface area contributed by atoms with Crippen molar-refractivity contribution in [2.75, 3.05) is 0 Å². The summed E-state index contributed by atoms with van der Waals surface area (Å²) >= 11 is 0. The van der Waals surface area contributed by atoms with Gasteiger partial charge in [0.2, 0.25) is 0 Å². The van der Waals surface area contributed by atoms with Gasteiger partial charge in [0.15, 0.2) is 0 Å². The SMILES string of the molecule is CC.CC(C)c1c[c-]n(C)n1.[Rb+]. The van der Waals surface area contributed by atoms with Gasteiger partial charge in [-0.25, -0.2) is 0 Å². The Bertz CT molecular complexity index is 194. The summed E-state index contributed by atoms with van der Waals surface area (Å²) in [5.74, 6) is 0.516. The third-order valence-corrected chi connectivity index (χ3v) is 1.26. The fourth-order valence-corrected chi connectivity index (χ4v) is 0.673. The molecule has 1 heterocycles. The molecule has 3 heteroatoms. The standard InChI is InChI=1S/C7H11N2.C2H6.Rb/c1-6(2)7-4-5-9(3)8-7;1-2;/h4,6H,1-3H3;1-2H3;/q-1;;+1. The van der Waals surface area contributed by atoms with Gasteiger partial charge in [0, 0.05) is 7.05 Å². The molecule has 64 valence electrons. The van der Waals surface area contributed by atoms with Gasteiger partial charge in [-0.1, -0.05) is 39.3 Å². The molecule has 0 N–H and O–H groups in total.